The van der Waals surface area contributed by atoms with Crippen LogP contribution < -0.4 is 0 Å². The van der Waals surface area contributed by atoms with Crippen LogP contribution in [-0.4, -0.2) is 62.8 Å². The van der Waals surface area contributed by atoms with Gasteiger partial charge in [0, 0.05) is 21.3 Å². The summed E-state index contributed by atoms with van der Waals surface area (Å²) >= 11 is 0. The number of hydrogen-bond donors (Lipinski definition) is 0. The number of rotatable bonds is 12. The maximum absolute atomic E-state index is 10.3. The molecule has 0 saturated heterocycles. The van der Waals surface area contributed by atoms with Crippen LogP contribution in [-0.2, 0) is 33.4 Å². The van der Waals surface area contributed by atoms with Gasteiger partial charge in [-0.05, 0) is 87.1 Å². The normalized spacial score (nSPS) is 15.3. The summed E-state index contributed by atoms with van der Waals surface area (Å²) in [6.45, 7) is 13.0. The minimum atomic E-state index is -0.121. The van der Waals surface area contributed by atoms with Crippen molar-refractivity contribution in [1.82, 2.24) is 0 Å². The molecule has 0 N–H and O–H groups in total. The highest BCUT2D eigenvalue weighted by Gasteiger charge is 2.01. The molecular weight excluding hydrogens is 508 g/mol. The highest BCUT2D eigenvalue weighted by Crippen LogP contribution is 2.04. The molecule has 230 valence electrons. The Balaban J connectivity index is -0.000000428. The summed E-state index contributed by atoms with van der Waals surface area (Å²) in [4.78, 5) is 41.1. The van der Waals surface area contributed by atoms with Crippen LogP contribution in [0, 0.1) is 0 Å². The van der Waals surface area contributed by atoms with E-state index in [2.05, 4.69) is 41.5 Å². The Hall–Kier alpha value is -2.48. The van der Waals surface area contributed by atoms with Gasteiger partial charge in [-0.2, -0.15) is 0 Å². The number of hydrogen-bond acceptors (Lipinski definition) is 7. The fourth-order valence-electron chi connectivity index (χ4n) is 3.31. The smallest absolute Gasteiger partial charge is 0.178 e. The average Bonchev–Trinajstić information content (AvgIpc) is 2.97. The van der Waals surface area contributed by atoms with Gasteiger partial charge in [0.2, 0.25) is 0 Å². The summed E-state index contributed by atoms with van der Waals surface area (Å²) in [5.41, 5.74) is 0. The Morgan fingerprint density at radius 3 is 0.675 bits per heavy atom. The zero-order valence-corrected chi connectivity index (χ0v) is 26.6. The molecule has 0 bridgehead atoms. The fraction of sp³-hybridized carbons (Fsp3) is 0.636. The van der Waals surface area contributed by atoms with Crippen molar-refractivity contribution >= 4 is 23.1 Å². The van der Waals surface area contributed by atoms with Crippen molar-refractivity contribution in [2.45, 2.75) is 118 Å². The van der Waals surface area contributed by atoms with E-state index in [-0.39, 0.29) is 23.1 Å². The first kappa shape index (κ1) is 42.0. The Morgan fingerprint density at radius 1 is 0.425 bits per heavy atom. The first-order valence-corrected chi connectivity index (χ1v) is 14.6. The zero-order chi connectivity index (χ0) is 31.2. The van der Waals surface area contributed by atoms with E-state index in [1.165, 1.54) is 87.1 Å². The van der Waals surface area contributed by atoms with Gasteiger partial charge in [0.1, 0.15) is 0 Å². The second-order valence-electron chi connectivity index (χ2n) is 9.11. The van der Waals surface area contributed by atoms with Crippen LogP contribution in [0.3, 0.4) is 0 Å². The Bertz CT molecular complexity index is 612. The summed E-state index contributed by atoms with van der Waals surface area (Å²) < 4.78 is 15.4. The standard InChI is InChI=1S/3C7H16O.2C6H4O2/c3*1-4-6-7(5-2)8-3;2*7-5-1-2-6(8)4-3-5/h3*7H,4-6H2,1-3H3;2*1-4H. The SMILES string of the molecule is CCCC(CC)OC.CCCC(CC)OC.CCCC(CC)OC.O=C1C=CC(=O)C=C1.O=C1C=CC(=O)C=C1. The lowest BCUT2D eigenvalue weighted by Crippen LogP contribution is -2.07. The van der Waals surface area contributed by atoms with Crippen LogP contribution in [0.25, 0.3) is 0 Å². The Kier molecular flexibility index (Phi) is 32.6. The van der Waals surface area contributed by atoms with E-state index >= 15 is 0 Å². The third-order valence-electron chi connectivity index (χ3n) is 5.85. The molecule has 3 unspecified atom stereocenters. The number of allylic oxidation sites excluding steroid dienone is 8. The fourth-order valence-corrected chi connectivity index (χ4v) is 3.31. The molecule has 0 spiro atoms. The molecule has 2 aliphatic carbocycles. The molecule has 0 radical (unpaired) electrons. The number of methoxy groups -OCH3 is 3. The van der Waals surface area contributed by atoms with E-state index in [1.807, 2.05) is 0 Å². The van der Waals surface area contributed by atoms with Gasteiger partial charge in [0.25, 0.3) is 0 Å². The monoisotopic (exact) mass is 564 g/mol. The molecule has 0 saturated carbocycles. The lowest BCUT2D eigenvalue weighted by Gasteiger charge is -2.09. The van der Waals surface area contributed by atoms with E-state index in [0.29, 0.717) is 18.3 Å². The van der Waals surface area contributed by atoms with Gasteiger partial charge >= 0.3 is 0 Å². The summed E-state index contributed by atoms with van der Waals surface area (Å²) in [6.07, 6.45) is 22.2. The van der Waals surface area contributed by atoms with Crippen LogP contribution in [0.4, 0.5) is 0 Å². The van der Waals surface area contributed by atoms with Crippen molar-refractivity contribution in [2.24, 2.45) is 0 Å². The Labute approximate surface area is 244 Å². The van der Waals surface area contributed by atoms with Crippen LogP contribution in [0.1, 0.15) is 99.3 Å². The molecule has 0 fully saturated rings. The van der Waals surface area contributed by atoms with Crippen LogP contribution in [0.2, 0.25) is 0 Å². The van der Waals surface area contributed by atoms with E-state index in [4.69, 9.17) is 14.2 Å². The molecule has 0 aliphatic heterocycles. The first-order valence-electron chi connectivity index (χ1n) is 14.6. The third kappa shape index (κ3) is 28.5. The Morgan fingerprint density at radius 2 is 0.600 bits per heavy atom. The molecule has 7 heteroatoms. The molecule has 0 heterocycles. The van der Waals surface area contributed by atoms with Gasteiger partial charge < -0.3 is 14.2 Å². The molecule has 0 amide bonds. The molecule has 7 nitrogen and oxygen atoms in total. The van der Waals surface area contributed by atoms with Gasteiger partial charge in [0.15, 0.2) is 23.1 Å². The summed E-state index contributed by atoms with van der Waals surface area (Å²) in [7, 11) is 5.34. The van der Waals surface area contributed by atoms with Crippen molar-refractivity contribution in [1.29, 1.82) is 0 Å². The van der Waals surface area contributed by atoms with Gasteiger partial charge in [-0.15, -0.1) is 0 Å². The maximum atomic E-state index is 10.3. The van der Waals surface area contributed by atoms with Gasteiger partial charge in [-0.3, -0.25) is 19.2 Å². The van der Waals surface area contributed by atoms with Crippen molar-refractivity contribution in [3.63, 3.8) is 0 Å². The molecule has 0 aromatic rings. The molecule has 2 aliphatic rings. The molecule has 0 aromatic heterocycles. The van der Waals surface area contributed by atoms with E-state index in [0.717, 1.165) is 19.3 Å². The summed E-state index contributed by atoms with van der Waals surface area (Å²) in [5, 5.41) is 0. The van der Waals surface area contributed by atoms with Crippen molar-refractivity contribution in [3.8, 4) is 0 Å². The second kappa shape index (κ2) is 31.1. The van der Waals surface area contributed by atoms with Crippen LogP contribution in [0.15, 0.2) is 48.6 Å². The minimum absolute atomic E-state index is 0.121. The minimum Gasteiger partial charge on any atom is -0.381 e. The molecule has 3 atom stereocenters. The van der Waals surface area contributed by atoms with Gasteiger partial charge in [0.05, 0.1) is 18.3 Å². The predicted molar refractivity (Wildman–Crippen MR) is 165 cm³/mol. The van der Waals surface area contributed by atoms with E-state index in [9.17, 15) is 19.2 Å². The second-order valence-corrected chi connectivity index (χ2v) is 9.11. The van der Waals surface area contributed by atoms with Crippen LogP contribution in [0.5, 0.6) is 0 Å². The van der Waals surface area contributed by atoms with Crippen molar-refractivity contribution in [2.75, 3.05) is 21.3 Å². The first-order chi connectivity index (χ1) is 19.1. The molecule has 0 aromatic carbocycles. The average molecular weight is 565 g/mol. The van der Waals surface area contributed by atoms with Crippen molar-refractivity contribution < 1.29 is 33.4 Å². The van der Waals surface area contributed by atoms with E-state index in [1.54, 1.807) is 21.3 Å². The maximum Gasteiger partial charge on any atom is 0.178 e. The van der Waals surface area contributed by atoms with Crippen LogP contribution >= 0.6 is 0 Å². The number of carbonyl (C=O) groups is 4. The number of ketones is 4. The zero-order valence-electron chi connectivity index (χ0n) is 26.6. The lowest BCUT2D eigenvalue weighted by atomic mass is 10.2. The topological polar surface area (TPSA) is 96.0 Å². The molecular formula is C33H56O7. The molecule has 40 heavy (non-hydrogen) atoms. The van der Waals surface area contributed by atoms with E-state index < -0.39 is 0 Å². The van der Waals surface area contributed by atoms with Gasteiger partial charge in [-0.1, -0.05) is 60.8 Å². The van der Waals surface area contributed by atoms with Crippen molar-refractivity contribution in [3.05, 3.63) is 48.6 Å². The number of ether oxygens (including phenoxy) is 3. The lowest BCUT2D eigenvalue weighted by molar-refractivity contribution is -0.113. The third-order valence-corrected chi connectivity index (χ3v) is 5.85. The largest absolute Gasteiger partial charge is 0.381 e. The molecule has 2 rings (SSSR count). The van der Waals surface area contributed by atoms with Gasteiger partial charge in [-0.25, -0.2) is 0 Å². The highest BCUT2D eigenvalue weighted by atomic mass is 16.5. The predicted octanol–water partition coefficient (Wildman–Crippen LogP) is 7.14. The summed E-state index contributed by atoms with van der Waals surface area (Å²) in [6, 6.07) is 0. The number of carbonyl (C=O) groups excluding carboxylic acids is 4. The summed E-state index contributed by atoms with van der Waals surface area (Å²) in [5.74, 6) is -0.483. The highest BCUT2D eigenvalue weighted by molar-refractivity contribution is 6.14. The quantitative estimate of drug-likeness (QED) is 0.233.